The smallest absolute Gasteiger partial charge is 0.245 e. The van der Waals surface area contributed by atoms with Crippen LogP contribution in [0.1, 0.15) is 31.4 Å². The van der Waals surface area contributed by atoms with Gasteiger partial charge < -0.3 is 15.4 Å². The number of methoxy groups -OCH3 is 1. The number of ether oxygens (including phenoxy) is 1. The number of carbonyl (C=O) groups is 2. The first-order valence-electron chi connectivity index (χ1n) is 7.18. The van der Waals surface area contributed by atoms with E-state index in [2.05, 4.69) is 29.7 Å². The molecule has 1 aromatic rings. The summed E-state index contributed by atoms with van der Waals surface area (Å²) < 4.78 is 4.95. The van der Waals surface area contributed by atoms with Crippen molar-refractivity contribution in [2.24, 2.45) is 0 Å². The van der Waals surface area contributed by atoms with Crippen LogP contribution in [0.3, 0.4) is 0 Å². The molecule has 1 atom stereocenters. The minimum Gasteiger partial charge on any atom is -0.382 e. The minimum absolute atomic E-state index is 0.154. The van der Waals surface area contributed by atoms with Crippen LogP contribution in [-0.4, -0.2) is 31.6 Å². The van der Waals surface area contributed by atoms with Crippen LogP contribution < -0.4 is 10.6 Å². The lowest BCUT2D eigenvalue weighted by Crippen LogP contribution is -2.48. The van der Waals surface area contributed by atoms with Crippen molar-refractivity contribution in [1.29, 1.82) is 0 Å². The third-order valence-corrected chi connectivity index (χ3v) is 3.06. The molecule has 0 saturated heterocycles. The fourth-order valence-electron chi connectivity index (χ4n) is 2.02. The van der Waals surface area contributed by atoms with Crippen molar-refractivity contribution in [3.63, 3.8) is 0 Å². The van der Waals surface area contributed by atoms with Gasteiger partial charge in [-0.05, 0) is 17.5 Å². The number of carbonyl (C=O) groups excluding carboxylic acids is 2. The zero-order valence-electron chi connectivity index (χ0n) is 12.9. The molecule has 0 aromatic heterocycles. The Morgan fingerprint density at radius 3 is 2.33 bits per heavy atom. The van der Waals surface area contributed by atoms with E-state index in [1.165, 1.54) is 19.6 Å². The van der Waals surface area contributed by atoms with Gasteiger partial charge >= 0.3 is 0 Å². The number of benzene rings is 1. The highest BCUT2D eigenvalue weighted by Crippen LogP contribution is 2.06. The quantitative estimate of drug-likeness (QED) is 0.761. The molecule has 21 heavy (non-hydrogen) atoms. The maximum Gasteiger partial charge on any atom is 0.245 e. The van der Waals surface area contributed by atoms with Crippen LogP contribution in [0.25, 0.3) is 0 Å². The topological polar surface area (TPSA) is 67.4 Å². The van der Waals surface area contributed by atoms with E-state index in [1.54, 1.807) is 0 Å². The minimum atomic E-state index is -0.660. The number of rotatable bonds is 8. The highest BCUT2D eigenvalue weighted by Gasteiger charge is 2.18. The first-order valence-corrected chi connectivity index (χ1v) is 7.18. The van der Waals surface area contributed by atoms with Gasteiger partial charge in [0.25, 0.3) is 0 Å². The maximum absolute atomic E-state index is 12.0. The predicted molar refractivity (Wildman–Crippen MR) is 81.8 cm³/mol. The van der Waals surface area contributed by atoms with Crippen LogP contribution in [0.15, 0.2) is 24.3 Å². The van der Waals surface area contributed by atoms with Crippen LogP contribution >= 0.6 is 0 Å². The SMILES string of the molecule is CCCc1ccc(CNC(=O)[C@@H](COC)NC(C)=O)cc1. The number of amides is 2. The van der Waals surface area contributed by atoms with Crippen LogP contribution in [-0.2, 0) is 27.3 Å². The molecule has 0 aliphatic rings. The highest BCUT2D eigenvalue weighted by molar-refractivity contribution is 5.86. The van der Waals surface area contributed by atoms with Crippen molar-refractivity contribution in [1.82, 2.24) is 10.6 Å². The molecule has 2 N–H and O–H groups in total. The zero-order valence-corrected chi connectivity index (χ0v) is 12.9. The second-order valence-corrected chi connectivity index (χ2v) is 4.99. The molecule has 0 saturated carbocycles. The van der Waals surface area contributed by atoms with Gasteiger partial charge in [0.2, 0.25) is 11.8 Å². The summed E-state index contributed by atoms with van der Waals surface area (Å²) in [7, 11) is 1.49. The highest BCUT2D eigenvalue weighted by atomic mass is 16.5. The molecule has 0 aliphatic heterocycles. The molecule has 5 heteroatoms. The molecule has 1 rings (SSSR count). The molecular weight excluding hydrogens is 268 g/mol. The molecule has 0 heterocycles. The number of aryl methyl sites for hydroxylation is 1. The Balaban J connectivity index is 2.51. The molecule has 0 spiro atoms. The second kappa shape index (κ2) is 9.13. The van der Waals surface area contributed by atoms with Crippen LogP contribution in [0, 0.1) is 0 Å². The Kier molecular flexibility index (Phi) is 7.46. The van der Waals surface area contributed by atoms with Gasteiger partial charge in [0.1, 0.15) is 6.04 Å². The van der Waals surface area contributed by atoms with Crippen molar-refractivity contribution in [2.45, 2.75) is 39.3 Å². The first kappa shape index (κ1) is 17.2. The summed E-state index contributed by atoms with van der Waals surface area (Å²) in [6, 6.07) is 7.51. The fraction of sp³-hybridized carbons (Fsp3) is 0.500. The molecule has 0 radical (unpaired) electrons. The Bertz CT molecular complexity index is 457. The van der Waals surface area contributed by atoms with Crippen molar-refractivity contribution < 1.29 is 14.3 Å². The van der Waals surface area contributed by atoms with Gasteiger partial charge in [-0.15, -0.1) is 0 Å². The number of nitrogens with one attached hydrogen (secondary N) is 2. The Morgan fingerprint density at radius 1 is 1.19 bits per heavy atom. The molecule has 0 fully saturated rings. The van der Waals surface area contributed by atoms with E-state index < -0.39 is 6.04 Å². The zero-order chi connectivity index (χ0) is 15.7. The van der Waals surface area contributed by atoms with Gasteiger partial charge in [0.15, 0.2) is 0 Å². The van der Waals surface area contributed by atoms with Gasteiger partial charge in [-0.25, -0.2) is 0 Å². The summed E-state index contributed by atoms with van der Waals surface area (Å²) in [6.07, 6.45) is 2.18. The van der Waals surface area contributed by atoms with Gasteiger partial charge in [-0.3, -0.25) is 9.59 Å². The summed E-state index contributed by atoms with van der Waals surface area (Å²) in [5.74, 6) is -0.499. The third kappa shape index (κ3) is 6.40. The summed E-state index contributed by atoms with van der Waals surface area (Å²) in [4.78, 5) is 23.1. The average molecular weight is 292 g/mol. The molecule has 0 unspecified atom stereocenters. The number of hydrogen-bond acceptors (Lipinski definition) is 3. The summed E-state index contributed by atoms with van der Waals surface area (Å²) in [6.45, 7) is 4.11. The van der Waals surface area contributed by atoms with E-state index in [9.17, 15) is 9.59 Å². The first-order chi connectivity index (χ1) is 10.1. The van der Waals surface area contributed by atoms with Gasteiger partial charge in [0.05, 0.1) is 6.61 Å². The van der Waals surface area contributed by atoms with E-state index in [1.807, 2.05) is 12.1 Å². The van der Waals surface area contributed by atoms with Crippen molar-refractivity contribution >= 4 is 11.8 Å². The normalized spacial score (nSPS) is 11.8. The number of hydrogen-bond donors (Lipinski definition) is 2. The molecule has 5 nitrogen and oxygen atoms in total. The molecule has 0 bridgehead atoms. The predicted octanol–water partition coefficient (Wildman–Crippen LogP) is 1.41. The Hall–Kier alpha value is -1.88. The third-order valence-electron chi connectivity index (χ3n) is 3.06. The molecule has 0 aliphatic carbocycles. The standard InChI is InChI=1S/C16H24N2O3/c1-4-5-13-6-8-14(9-7-13)10-17-16(20)15(11-21-3)18-12(2)19/h6-9,15H,4-5,10-11H2,1-3H3,(H,17,20)(H,18,19)/t15-/m1/s1. The Labute approximate surface area is 126 Å². The largest absolute Gasteiger partial charge is 0.382 e. The fourth-order valence-corrected chi connectivity index (χ4v) is 2.02. The van der Waals surface area contributed by atoms with E-state index >= 15 is 0 Å². The van der Waals surface area contributed by atoms with Crippen molar-refractivity contribution in [2.75, 3.05) is 13.7 Å². The lowest BCUT2D eigenvalue weighted by molar-refractivity contribution is -0.129. The van der Waals surface area contributed by atoms with Crippen molar-refractivity contribution in [3.8, 4) is 0 Å². The molecule has 1 aromatic carbocycles. The van der Waals surface area contributed by atoms with E-state index in [0.29, 0.717) is 6.54 Å². The monoisotopic (exact) mass is 292 g/mol. The lowest BCUT2D eigenvalue weighted by Gasteiger charge is -2.16. The Morgan fingerprint density at radius 2 is 1.81 bits per heavy atom. The van der Waals surface area contributed by atoms with Gasteiger partial charge in [-0.2, -0.15) is 0 Å². The lowest BCUT2D eigenvalue weighted by atomic mass is 10.1. The molecular formula is C16H24N2O3. The molecule has 116 valence electrons. The van der Waals surface area contributed by atoms with Crippen LogP contribution in [0.2, 0.25) is 0 Å². The van der Waals surface area contributed by atoms with Gasteiger partial charge in [-0.1, -0.05) is 37.6 Å². The maximum atomic E-state index is 12.0. The van der Waals surface area contributed by atoms with Crippen molar-refractivity contribution in [3.05, 3.63) is 35.4 Å². The summed E-state index contributed by atoms with van der Waals surface area (Å²) in [5.41, 5.74) is 2.32. The van der Waals surface area contributed by atoms with E-state index in [-0.39, 0.29) is 18.4 Å². The molecule has 2 amide bonds. The average Bonchev–Trinajstić information content (AvgIpc) is 2.45. The summed E-state index contributed by atoms with van der Waals surface area (Å²) in [5, 5.41) is 5.37. The van der Waals surface area contributed by atoms with E-state index in [0.717, 1.165) is 18.4 Å². The van der Waals surface area contributed by atoms with Gasteiger partial charge in [0, 0.05) is 20.6 Å². The summed E-state index contributed by atoms with van der Waals surface area (Å²) >= 11 is 0. The van der Waals surface area contributed by atoms with E-state index in [4.69, 9.17) is 4.74 Å². The van der Waals surface area contributed by atoms with Crippen LogP contribution in [0.4, 0.5) is 0 Å². The van der Waals surface area contributed by atoms with Crippen LogP contribution in [0.5, 0.6) is 0 Å². The second-order valence-electron chi connectivity index (χ2n) is 4.99.